The summed E-state index contributed by atoms with van der Waals surface area (Å²) >= 11 is 0. The zero-order valence-corrected chi connectivity index (χ0v) is 11.6. The Balaban J connectivity index is 2.38. The Bertz CT molecular complexity index is 258. The van der Waals surface area contributed by atoms with Gasteiger partial charge in [0.25, 0.3) is 0 Å². The second-order valence-electron chi connectivity index (χ2n) is 6.29. The van der Waals surface area contributed by atoms with Crippen LogP contribution in [-0.2, 0) is 4.79 Å². The van der Waals surface area contributed by atoms with Gasteiger partial charge in [-0.15, -0.1) is 0 Å². The number of hydrogen-bond acceptors (Lipinski definition) is 3. The van der Waals surface area contributed by atoms with Crippen LogP contribution >= 0.6 is 0 Å². The zero-order chi connectivity index (χ0) is 13.1. The van der Waals surface area contributed by atoms with E-state index < -0.39 is 0 Å². The Labute approximate surface area is 105 Å². The van der Waals surface area contributed by atoms with Gasteiger partial charge in [-0.2, -0.15) is 0 Å². The molecule has 0 saturated carbocycles. The summed E-state index contributed by atoms with van der Waals surface area (Å²) in [5.74, 6) is 0.647. The van der Waals surface area contributed by atoms with Gasteiger partial charge in [0.05, 0.1) is 6.54 Å². The number of carbonyl (C=O) groups excluding carboxylic acids is 1. The van der Waals surface area contributed by atoms with Crippen molar-refractivity contribution in [2.75, 3.05) is 19.6 Å². The minimum absolute atomic E-state index is 0.114. The van der Waals surface area contributed by atoms with Crippen molar-refractivity contribution < 1.29 is 4.79 Å². The molecule has 3 N–H and O–H groups in total. The summed E-state index contributed by atoms with van der Waals surface area (Å²) in [6.45, 7) is 10.5. The van der Waals surface area contributed by atoms with E-state index >= 15 is 0 Å². The minimum Gasteiger partial charge on any atom is -0.350 e. The van der Waals surface area contributed by atoms with Crippen LogP contribution in [0.3, 0.4) is 0 Å². The molecular formula is C13H27N3O. The van der Waals surface area contributed by atoms with E-state index in [1.54, 1.807) is 0 Å². The van der Waals surface area contributed by atoms with E-state index in [-0.39, 0.29) is 17.5 Å². The van der Waals surface area contributed by atoms with Gasteiger partial charge in [0, 0.05) is 18.1 Å². The fraction of sp³-hybridized carbons (Fsp3) is 0.923. The lowest BCUT2D eigenvalue weighted by molar-refractivity contribution is -0.124. The molecule has 2 unspecified atom stereocenters. The van der Waals surface area contributed by atoms with Crippen molar-refractivity contribution in [3.63, 3.8) is 0 Å². The van der Waals surface area contributed by atoms with Crippen LogP contribution in [0, 0.1) is 5.92 Å². The van der Waals surface area contributed by atoms with E-state index in [0.29, 0.717) is 12.5 Å². The normalized spacial score (nSPS) is 24.4. The van der Waals surface area contributed by atoms with Crippen molar-refractivity contribution in [2.45, 2.75) is 52.1 Å². The number of likely N-dealkylation sites (tertiary alicyclic amines) is 1. The predicted molar refractivity (Wildman–Crippen MR) is 70.7 cm³/mol. The second-order valence-corrected chi connectivity index (χ2v) is 6.29. The first kappa shape index (κ1) is 14.5. The van der Waals surface area contributed by atoms with Crippen LogP contribution in [0.15, 0.2) is 0 Å². The van der Waals surface area contributed by atoms with Crippen molar-refractivity contribution in [3.05, 3.63) is 0 Å². The minimum atomic E-state index is -0.145. The number of nitrogens with two attached hydrogens (primary N) is 1. The van der Waals surface area contributed by atoms with E-state index in [2.05, 4.69) is 17.1 Å². The number of rotatable bonds is 3. The van der Waals surface area contributed by atoms with Crippen LogP contribution in [0.25, 0.3) is 0 Å². The van der Waals surface area contributed by atoms with Gasteiger partial charge in [-0.1, -0.05) is 0 Å². The molecule has 1 fully saturated rings. The van der Waals surface area contributed by atoms with Gasteiger partial charge in [0.2, 0.25) is 5.91 Å². The molecule has 4 nitrogen and oxygen atoms in total. The standard InChI is InChI=1S/C13H27N3O/c1-10(14)11-6-5-7-16(8-11)9-12(17)15-13(2,3)4/h10-11H,5-9,14H2,1-4H3,(H,15,17). The highest BCUT2D eigenvalue weighted by atomic mass is 16.2. The third kappa shape index (κ3) is 5.50. The van der Waals surface area contributed by atoms with Gasteiger partial charge in [0.1, 0.15) is 0 Å². The molecule has 1 heterocycles. The molecule has 0 aromatic rings. The quantitative estimate of drug-likeness (QED) is 0.774. The second kappa shape index (κ2) is 5.83. The van der Waals surface area contributed by atoms with Gasteiger partial charge in [-0.05, 0) is 53.0 Å². The van der Waals surface area contributed by atoms with Gasteiger partial charge < -0.3 is 11.1 Å². The number of hydrogen-bond donors (Lipinski definition) is 2. The maximum atomic E-state index is 11.8. The average Bonchev–Trinajstić information content (AvgIpc) is 2.14. The monoisotopic (exact) mass is 241 g/mol. The van der Waals surface area contributed by atoms with Crippen LogP contribution in [0.2, 0.25) is 0 Å². The smallest absolute Gasteiger partial charge is 0.234 e. The van der Waals surface area contributed by atoms with E-state index in [1.807, 2.05) is 20.8 Å². The highest BCUT2D eigenvalue weighted by Crippen LogP contribution is 2.18. The summed E-state index contributed by atoms with van der Waals surface area (Å²) in [4.78, 5) is 14.0. The molecule has 0 bridgehead atoms. The molecule has 1 aliphatic heterocycles. The van der Waals surface area contributed by atoms with Crippen LogP contribution in [0.5, 0.6) is 0 Å². The van der Waals surface area contributed by atoms with Crippen molar-refractivity contribution in [1.29, 1.82) is 0 Å². The molecule has 0 spiro atoms. The summed E-state index contributed by atoms with van der Waals surface area (Å²) in [5.41, 5.74) is 5.79. The molecule has 1 saturated heterocycles. The number of carbonyl (C=O) groups is 1. The van der Waals surface area contributed by atoms with Crippen LogP contribution in [-0.4, -0.2) is 42.0 Å². The van der Waals surface area contributed by atoms with Crippen molar-refractivity contribution in [1.82, 2.24) is 10.2 Å². The Kier molecular flexibility index (Phi) is 4.95. The Hall–Kier alpha value is -0.610. The molecule has 2 atom stereocenters. The molecule has 0 radical (unpaired) electrons. The fourth-order valence-corrected chi connectivity index (χ4v) is 2.32. The molecule has 0 aromatic heterocycles. The first-order chi connectivity index (χ1) is 7.78. The largest absolute Gasteiger partial charge is 0.350 e. The molecule has 1 amide bonds. The summed E-state index contributed by atoms with van der Waals surface area (Å²) < 4.78 is 0. The zero-order valence-electron chi connectivity index (χ0n) is 11.6. The lowest BCUT2D eigenvalue weighted by Gasteiger charge is -2.34. The molecule has 17 heavy (non-hydrogen) atoms. The van der Waals surface area contributed by atoms with E-state index in [9.17, 15) is 4.79 Å². The Morgan fingerprint density at radius 3 is 2.71 bits per heavy atom. The number of piperidine rings is 1. The van der Waals surface area contributed by atoms with Gasteiger partial charge >= 0.3 is 0 Å². The third-order valence-electron chi connectivity index (χ3n) is 3.17. The summed E-state index contributed by atoms with van der Waals surface area (Å²) in [6.07, 6.45) is 2.34. The van der Waals surface area contributed by atoms with Crippen LogP contribution in [0.1, 0.15) is 40.5 Å². The van der Waals surface area contributed by atoms with E-state index in [4.69, 9.17) is 5.73 Å². The van der Waals surface area contributed by atoms with Gasteiger partial charge in [0.15, 0.2) is 0 Å². The predicted octanol–water partition coefficient (Wildman–Crippen LogP) is 0.960. The van der Waals surface area contributed by atoms with Gasteiger partial charge in [-0.25, -0.2) is 0 Å². The van der Waals surface area contributed by atoms with Crippen molar-refractivity contribution in [3.8, 4) is 0 Å². The van der Waals surface area contributed by atoms with E-state index in [1.165, 1.54) is 6.42 Å². The Morgan fingerprint density at radius 2 is 2.18 bits per heavy atom. The molecule has 1 aliphatic rings. The Morgan fingerprint density at radius 1 is 1.53 bits per heavy atom. The van der Waals surface area contributed by atoms with Gasteiger partial charge in [-0.3, -0.25) is 9.69 Å². The third-order valence-corrected chi connectivity index (χ3v) is 3.17. The van der Waals surface area contributed by atoms with Crippen molar-refractivity contribution >= 4 is 5.91 Å². The van der Waals surface area contributed by atoms with Crippen LogP contribution in [0.4, 0.5) is 0 Å². The number of nitrogens with zero attached hydrogens (tertiary/aromatic N) is 1. The fourth-order valence-electron chi connectivity index (χ4n) is 2.32. The maximum Gasteiger partial charge on any atom is 0.234 e. The summed E-state index contributed by atoms with van der Waals surface area (Å²) in [6, 6.07) is 0.225. The van der Waals surface area contributed by atoms with Crippen LogP contribution < -0.4 is 11.1 Å². The molecule has 4 heteroatoms. The SMILES string of the molecule is CC(N)C1CCCN(CC(=O)NC(C)(C)C)C1. The molecule has 0 aromatic carbocycles. The highest BCUT2D eigenvalue weighted by Gasteiger charge is 2.24. The lowest BCUT2D eigenvalue weighted by atomic mass is 9.92. The lowest BCUT2D eigenvalue weighted by Crippen LogP contribution is -2.49. The summed E-state index contributed by atoms with van der Waals surface area (Å²) in [5, 5.41) is 3.00. The molecule has 0 aliphatic carbocycles. The number of amides is 1. The molecule has 1 rings (SSSR count). The summed E-state index contributed by atoms with van der Waals surface area (Å²) in [7, 11) is 0. The molecule has 100 valence electrons. The van der Waals surface area contributed by atoms with Crippen molar-refractivity contribution in [2.24, 2.45) is 11.7 Å². The van der Waals surface area contributed by atoms with E-state index in [0.717, 1.165) is 19.5 Å². The topological polar surface area (TPSA) is 58.4 Å². The first-order valence-corrected chi connectivity index (χ1v) is 6.57. The highest BCUT2D eigenvalue weighted by molar-refractivity contribution is 5.78. The maximum absolute atomic E-state index is 11.8. The first-order valence-electron chi connectivity index (χ1n) is 6.57. The molecular weight excluding hydrogens is 214 g/mol. The average molecular weight is 241 g/mol. The number of nitrogens with one attached hydrogen (secondary N) is 1.